The van der Waals surface area contributed by atoms with Crippen molar-refractivity contribution >= 4 is 27.4 Å². The number of alkyl halides is 3. The third-order valence-electron chi connectivity index (χ3n) is 5.51. The van der Waals surface area contributed by atoms with Crippen molar-refractivity contribution in [2.75, 3.05) is 31.1 Å². The average Bonchev–Trinajstić information content (AvgIpc) is 2.79. The highest BCUT2D eigenvalue weighted by molar-refractivity contribution is 7.89. The van der Waals surface area contributed by atoms with Gasteiger partial charge in [-0.25, -0.2) is 8.42 Å². The molecule has 0 radical (unpaired) electrons. The first-order chi connectivity index (χ1) is 15.6. The molecule has 174 valence electrons. The lowest BCUT2D eigenvalue weighted by Gasteiger charge is -2.34. The standard InChI is InChI=1S/C22H20ClF3N4O2S/c1-15-4-2-3-5-17(15)19-8-9-21(28-27-19)29-10-12-30(13-11-29)33(31,32)20-14-16(22(24,25)26)6-7-18(20)23/h2-9,14H,10-13H2,1H3. The predicted molar refractivity (Wildman–Crippen MR) is 120 cm³/mol. The fraction of sp³-hybridized carbons (Fsp3) is 0.273. The number of rotatable bonds is 4. The zero-order chi connectivity index (χ0) is 23.8. The van der Waals surface area contributed by atoms with E-state index in [-0.39, 0.29) is 18.1 Å². The number of piperazine rings is 1. The minimum absolute atomic E-state index is 0.0795. The fourth-order valence-corrected chi connectivity index (χ4v) is 5.59. The van der Waals surface area contributed by atoms with E-state index in [4.69, 9.17) is 11.6 Å². The smallest absolute Gasteiger partial charge is 0.352 e. The lowest BCUT2D eigenvalue weighted by molar-refractivity contribution is -0.137. The highest BCUT2D eigenvalue weighted by atomic mass is 35.5. The molecule has 1 aromatic heterocycles. The molecule has 1 aliphatic rings. The van der Waals surface area contributed by atoms with Crippen LogP contribution in [0.3, 0.4) is 0 Å². The van der Waals surface area contributed by atoms with E-state index in [1.165, 1.54) is 0 Å². The number of benzene rings is 2. The summed E-state index contributed by atoms with van der Waals surface area (Å²) in [5.74, 6) is 0.599. The highest BCUT2D eigenvalue weighted by Gasteiger charge is 2.35. The number of nitrogens with zero attached hydrogens (tertiary/aromatic N) is 4. The maximum atomic E-state index is 13.1. The van der Waals surface area contributed by atoms with Crippen LogP contribution in [0.2, 0.25) is 5.02 Å². The minimum atomic E-state index is -4.67. The van der Waals surface area contributed by atoms with Crippen molar-refractivity contribution in [3.05, 3.63) is 70.7 Å². The second-order valence-corrected chi connectivity index (χ2v) is 9.94. The normalized spacial score (nSPS) is 15.6. The van der Waals surface area contributed by atoms with E-state index < -0.39 is 26.7 Å². The molecule has 0 aliphatic carbocycles. The van der Waals surface area contributed by atoms with Crippen LogP contribution < -0.4 is 4.90 Å². The summed E-state index contributed by atoms with van der Waals surface area (Å²) in [7, 11) is -4.19. The molecule has 6 nitrogen and oxygen atoms in total. The van der Waals surface area contributed by atoms with Crippen molar-refractivity contribution in [1.29, 1.82) is 0 Å². The Balaban J connectivity index is 1.48. The van der Waals surface area contributed by atoms with Crippen LogP contribution in [0.5, 0.6) is 0 Å². The van der Waals surface area contributed by atoms with Gasteiger partial charge in [0.25, 0.3) is 0 Å². The van der Waals surface area contributed by atoms with Crippen molar-refractivity contribution in [3.63, 3.8) is 0 Å². The molecule has 2 aromatic carbocycles. The number of sulfonamides is 1. The number of anilines is 1. The molecule has 0 atom stereocenters. The topological polar surface area (TPSA) is 66.4 Å². The summed E-state index contributed by atoms with van der Waals surface area (Å²) in [6, 6.07) is 13.8. The zero-order valence-electron chi connectivity index (χ0n) is 17.6. The molecule has 0 unspecified atom stereocenters. The molecule has 2 heterocycles. The van der Waals surface area contributed by atoms with Crippen LogP contribution in [-0.2, 0) is 16.2 Å². The highest BCUT2D eigenvalue weighted by Crippen LogP contribution is 2.34. The Morgan fingerprint density at radius 3 is 2.24 bits per heavy atom. The van der Waals surface area contributed by atoms with Crippen LogP contribution >= 0.6 is 11.6 Å². The van der Waals surface area contributed by atoms with E-state index in [1.807, 2.05) is 48.2 Å². The minimum Gasteiger partial charge on any atom is -0.352 e. The molecule has 4 rings (SSSR count). The fourth-order valence-electron chi connectivity index (χ4n) is 3.67. The van der Waals surface area contributed by atoms with Gasteiger partial charge in [0.05, 0.1) is 16.3 Å². The van der Waals surface area contributed by atoms with Crippen molar-refractivity contribution < 1.29 is 21.6 Å². The molecule has 11 heteroatoms. The van der Waals surface area contributed by atoms with Gasteiger partial charge in [-0.3, -0.25) is 0 Å². The SMILES string of the molecule is Cc1ccccc1-c1ccc(N2CCN(S(=O)(=O)c3cc(C(F)(F)F)ccc3Cl)CC2)nn1. The van der Waals surface area contributed by atoms with Gasteiger partial charge in [-0.1, -0.05) is 35.9 Å². The van der Waals surface area contributed by atoms with Gasteiger partial charge in [0.15, 0.2) is 5.82 Å². The van der Waals surface area contributed by atoms with Gasteiger partial charge in [0.1, 0.15) is 4.90 Å². The summed E-state index contributed by atoms with van der Waals surface area (Å²) in [4.78, 5) is 1.34. The maximum Gasteiger partial charge on any atom is 0.416 e. The molecule has 3 aromatic rings. The number of halogens is 4. The van der Waals surface area contributed by atoms with E-state index in [2.05, 4.69) is 10.2 Å². The van der Waals surface area contributed by atoms with E-state index in [0.29, 0.717) is 25.0 Å². The molecule has 33 heavy (non-hydrogen) atoms. The van der Waals surface area contributed by atoms with Crippen LogP contribution in [0.4, 0.5) is 19.0 Å². The third-order valence-corrected chi connectivity index (χ3v) is 7.89. The summed E-state index contributed by atoms with van der Waals surface area (Å²) in [6.45, 7) is 2.77. The summed E-state index contributed by atoms with van der Waals surface area (Å²) in [5.41, 5.74) is 1.72. The lowest BCUT2D eigenvalue weighted by atomic mass is 10.1. The van der Waals surface area contributed by atoms with Crippen molar-refractivity contribution in [2.24, 2.45) is 0 Å². The van der Waals surface area contributed by atoms with Gasteiger partial charge in [-0.05, 0) is 42.8 Å². The van der Waals surface area contributed by atoms with Gasteiger partial charge in [-0.15, -0.1) is 10.2 Å². The predicted octanol–water partition coefficient (Wildman–Crippen LogP) is 4.64. The Labute approximate surface area is 194 Å². The second-order valence-electron chi connectivity index (χ2n) is 7.63. The third kappa shape index (κ3) is 4.83. The Hall–Kier alpha value is -2.69. The number of hydrogen-bond acceptors (Lipinski definition) is 5. The molecule has 0 amide bonds. The molecule has 0 saturated carbocycles. The lowest BCUT2D eigenvalue weighted by Crippen LogP contribution is -2.49. The number of aryl methyl sites for hydroxylation is 1. The molecular formula is C22H20ClF3N4O2S. The largest absolute Gasteiger partial charge is 0.416 e. The van der Waals surface area contributed by atoms with Crippen molar-refractivity contribution in [3.8, 4) is 11.3 Å². The summed E-state index contributed by atoms with van der Waals surface area (Å²) in [5, 5.41) is 8.33. The summed E-state index contributed by atoms with van der Waals surface area (Å²) < 4.78 is 66.3. The van der Waals surface area contributed by atoms with Gasteiger partial charge >= 0.3 is 6.18 Å². The van der Waals surface area contributed by atoms with Crippen molar-refractivity contribution in [1.82, 2.24) is 14.5 Å². The molecular weight excluding hydrogens is 477 g/mol. The summed E-state index contributed by atoms with van der Waals surface area (Å²) in [6.07, 6.45) is -4.67. The Kier molecular flexibility index (Phi) is 6.35. The van der Waals surface area contributed by atoms with Gasteiger partial charge in [0.2, 0.25) is 10.0 Å². The van der Waals surface area contributed by atoms with Crippen LogP contribution in [0.1, 0.15) is 11.1 Å². The molecule has 0 N–H and O–H groups in total. The Morgan fingerprint density at radius 2 is 1.64 bits per heavy atom. The monoisotopic (exact) mass is 496 g/mol. The number of aromatic nitrogens is 2. The van der Waals surface area contributed by atoms with Crippen LogP contribution in [-0.4, -0.2) is 49.1 Å². The molecule has 0 bridgehead atoms. The summed E-state index contributed by atoms with van der Waals surface area (Å²) >= 11 is 5.95. The van der Waals surface area contributed by atoms with E-state index in [0.717, 1.165) is 33.3 Å². The maximum absolute atomic E-state index is 13.1. The first-order valence-corrected chi connectivity index (χ1v) is 11.9. The van der Waals surface area contributed by atoms with Crippen molar-refractivity contribution in [2.45, 2.75) is 18.0 Å². The van der Waals surface area contributed by atoms with Crippen LogP contribution in [0, 0.1) is 6.92 Å². The van der Waals surface area contributed by atoms with Crippen LogP contribution in [0.25, 0.3) is 11.3 Å². The Morgan fingerprint density at radius 1 is 0.939 bits per heavy atom. The molecule has 1 aliphatic heterocycles. The van der Waals surface area contributed by atoms with E-state index in [1.54, 1.807) is 0 Å². The van der Waals surface area contributed by atoms with E-state index >= 15 is 0 Å². The molecule has 1 fully saturated rings. The first kappa shape index (κ1) is 23.5. The van der Waals surface area contributed by atoms with Gasteiger partial charge < -0.3 is 4.90 Å². The van der Waals surface area contributed by atoms with E-state index in [9.17, 15) is 21.6 Å². The average molecular weight is 497 g/mol. The second kappa shape index (κ2) is 8.92. The van der Waals surface area contributed by atoms with Gasteiger partial charge in [-0.2, -0.15) is 17.5 Å². The molecule has 0 spiro atoms. The number of hydrogen-bond donors (Lipinski definition) is 0. The zero-order valence-corrected chi connectivity index (χ0v) is 19.1. The quantitative estimate of drug-likeness (QED) is 0.526. The Bertz CT molecular complexity index is 1260. The van der Waals surface area contributed by atoms with Crippen LogP contribution in [0.15, 0.2) is 59.5 Å². The first-order valence-electron chi connectivity index (χ1n) is 10.1. The molecule has 1 saturated heterocycles. The van der Waals surface area contributed by atoms with Gasteiger partial charge in [0, 0.05) is 31.7 Å².